The van der Waals surface area contributed by atoms with Gasteiger partial charge >= 0.3 is 5.97 Å². The highest BCUT2D eigenvalue weighted by atomic mass is 16.5. The molecule has 46 heavy (non-hydrogen) atoms. The lowest BCUT2D eigenvalue weighted by Crippen LogP contribution is -2.61. The smallest absolute Gasteiger partial charge is 0.325 e. The van der Waals surface area contributed by atoms with E-state index < -0.39 is 96.9 Å². The summed E-state index contributed by atoms with van der Waals surface area (Å²) < 4.78 is 5.71. The van der Waals surface area contributed by atoms with Gasteiger partial charge in [0, 0.05) is 7.05 Å². The Bertz CT molecular complexity index is 1040. The van der Waals surface area contributed by atoms with E-state index in [1.165, 1.54) is 18.9 Å². The van der Waals surface area contributed by atoms with E-state index in [9.17, 15) is 39.0 Å². The molecule has 0 aliphatic carbocycles. The van der Waals surface area contributed by atoms with Gasteiger partial charge < -0.3 is 41.1 Å². The highest BCUT2D eigenvalue weighted by Gasteiger charge is 2.38. The number of likely N-dealkylation sites (N-methyl/N-ethyl adjacent to an activating group) is 1. The number of aliphatic hydroxyl groups excluding tert-OH is 2. The summed E-state index contributed by atoms with van der Waals surface area (Å²) in [4.78, 5) is 81.3. The number of unbranched alkanes of at least 4 members (excludes halogenated alkanes) is 3. The molecule has 5 amide bonds. The van der Waals surface area contributed by atoms with E-state index in [-0.39, 0.29) is 12.3 Å². The summed E-state index contributed by atoms with van der Waals surface area (Å²) in [5.74, 6) is -5.66. The van der Waals surface area contributed by atoms with E-state index >= 15 is 0 Å². The van der Waals surface area contributed by atoms with E-state index in [2.05, 4.69) is 28.2 Å². The van der Waals surface area contributed by atoms with Gasteiger partial charge in [0.2, 0.25) is 29.5 Å². The molecular weight excluding hydrogens is 598 g/mol. The van der Waals surface area contributed by atoms with Crippen LogP contribution in [-0.4, -0.2) is 107 Å². The van der Waals surface area contributed by atoms with Gasteiger partial charge in [-0.05, 0) is 38.0 Å². The third kappa shape index (κ3) is 12.5. The maximum absolute atomic E-state index is 13.9. The Kier molecular flexibility index (Phi) is 17.8. The molecule has 1 aliphatic rings. The third-order valence-corrected chi connectivity index (χ3v) is 8.46. The Balaban J connectivity index is 3.62. The first-order chi connectivity index (χ1) is 21.6. The largest absolute Gasteiger partial charge is 0.460 e. The molecule has 0 saturated carbocycles. The molecule has 0 aromatic carbocycles. The molecule has 0 aromatic rings. The number of hydrogen-bond donors (Lipinski definition) is 6. The number of ether oxygens (including phenoxy) is 1. The summed E-state index contributed by atoms with van der Waals surface area (Å²) in [6, 6.07) is -5.15. The molecule has 6 N–H and O–H groups in total. The summed E-state index contributed by atoms with van der Waals surface area (Å²) in [6.45, 7) is 10.9. The van der Waals surface area contributed by atoms with E-state index in [0.717, 1.165) is 19.3 Å². The minimum atomic E-state index is -1.53. The number of aliphatic hydroxyl groups is 2. The van der Waals surface area contributed by atoms with Crippen LogP contribution in [0.4, 0.5) is 0 Å². The molecule has 1 saturated heterocycles. The number of cyclic esters (lactones) is 1. The van der Waals surface area contributed by atoms with Gasteiger partial charge in [-0.2, -0.15) is 0 Å². The van der Waals surface area contributed by atoms with E-state index in [1.54, 1.807) is 13.8 Å². The van der Waals surface area contributed by atoms with Crippen molar-refractivity contribution in [3.63, 3.8) is 0 Å². The molecular formula is C32H57N5O9. The standard InChI is InChI=1S/C32H57N5O9/c1-9-11-12-13-14-24-20(6)32(45)37(8)23(15-18(3)4)29(42)35-26(19(5)10-2)31(44)34-22(17-38)28(41)36-27(21(7)39)30(43)33-16-25(40)46-24/h18-24,26-27,38-39H,9-17H2,1-8H3,(H,33,43)(H,34,44)(H,35,42)(H,36,41)/t19-,20-,21+,22+,23+,24-,26+,27+/m1/s1. The van der Waals surface area contributed by atoms with Crippen molar-refractivity contribution in [1.29, 1.82) is 0 Å². The SMILES string of the molecule is CCCCCC[C@H]1OC(=O)CNC(=O)[C@H]([C@H](C)O)NC(=O)[C@H](CO)NC(=O)[C@H]([C@H](C)CC)NC(=O)[C@H](CC(C)C)N(C)C(=O)[C@@H]1C. The number of carbonyl (C=O) groups excluding carboxylic acids is 6. The van der Waals surface area contributed by atoms with Gasteiger partial charge in [-0.1, -0.05) is 67.2 Å². The average Bonchev–Trinajstić information content (AvgIpc) is 3.01. The second kappa shape index (κ2) is 20.1. The molecule has 0 radical (unpaired) electrons. The predicted octanol–water partition coefficient (Wildman–Crippen LogP) is 0.381. The number of esters is 1. The van der Waals surface area contributed by atoms with Gasteiger partial charge in [-0.3, -0.25) is 28.8 Å². The van der Waals surface area contributed by atoms with Crippen LogP contribution >= 0.6 is 0 Å². The fourth-order valence-electron chi connectivity index (χ4n) is 5.25. The first kappa shape index (κ1) is 40.8. The highest BCUT2D eigenvalue weighted by molar-refractivity contribution is 5.96. The zero-order valence-corrected chi connectivity index (χ0v) is 28.8. The molecule has 1 aliphatic heterocycles. The normalized spacial score (nSPS) is 27.8. The van der Waals surface area contributed by atoms with Gasteiger partial charge in [-0.15, -0.1) is 0 Å². The second-order valence-electron chi connectivity index (χ2n) is 12.8. The second-order valence-corrected chi connectivity index (χ2v) is 12.8. The number of hydrogen-bond acceptors (Lipinski definition) is 9. The van der Waals surface area contributed by atoms with Crippen molar-refractivity contribution >= 4 is 35.5 Å². The zero-order chi connectivity index (χ0) is 35.1. The van der Waals surface area contributed by atoms with Gasteiger partial charge in [0.15, 0.2) is 0 Å². The number of nitrogens with zero attached hydrogens (tertiary/aromatic N) is 1. The molecule has 0 bridgehead atoms. The van der Waals surface area contributed by atoms with E-state index in [4.69, 9.17) is 4.74 Å². The summed E-state index contributed by atoms with van der Waals surface area (Å²) in [6.07, 6.45) is 2.37. The lowest BCUT2D eigenvalue weighted by atomic mass is 9.94. The summed E-state index contributed by atoms with van der Waals surface area (Å²) in [5.41, 5.74) is 0. The van der Waals surface area contributed by atoms with Crippen LogP contribution in [0, 0.1) is 17.8 Å². The Morgan fingerprint density at radius 1 is 0.870 bits per heavy atom. The molecule has 0 spiro atoms. The van der Waals surface area contributed by atoms with E-state index in [1.807, 2.05) is 20.8 Å². The topological polar surface area (TPSA) is 203 Å². The maximum Gasteiger partial charge on any atom is 0.325 e. The molecule has 0 unspecified atom stereocenters. The summed E-state index contributed by atoms with van der Waals surface area (Å²) in [7, 11) is 1.50. The van der Waals surface area contributed by atoms with Gasteiger partial charge in [0.25, 0.3) is 0 Å². The lowest BCUT2D eigenvalue weighted by molar-refractivity contribution is -0.157. The van der Waals surface area contributed by atoms with Crippen LogP contribution in [0.3, 0.4) is 0 Å². The minimum Gasteiger partial charge on any atom is -0.460 e. The number of amides is 5. The van der Waals surface area contributed by atoms with Gasteiger partial charge in [-0.25, -0.2) is 0 Å². The number of carbonyl (C=O) groups is 6. The van der Waals surface area contributed by atoms with Crippen LogP contribution < -0.4 is 21.3 Å². The molecule has 1 rings (SSSR count). The van der Waals surface area contributed by atoms with Crippen molar-refractivity contribution in [2.45, 2.75) is 130 Å². The first-order valence-corrected chi connectivity index (χ1v) is 16.5. The average molecular weight is 656 g/mol. The maximum atomic E-state index is 13.9. The van der Waals surface area contributed by atoms with Crippen molar-refractivity contribution in [2.24, 2.45) is 17.8 Å². The molecule has 14 heteroatoms. The van der Waals surface area contributed by atoms with Crippen LogP contribution in [0.15, 0.2) is 0 Å². The Labute approximate surface area is 273 Å². The Hall–Kier alpha value is -3.26. The fraction of sp³-hybridized carbons (Fsp3) is 0.812. The van der Waals surface area contributed by atoms with Crippen molar-refractivity contribution in [3.05, 3.63) is 0 Å². The number of nitrogens with one attached hydrogen (secondary N) is 4. The number of rotatable bonds is 11. The first-order valence-electron chi connectivity index (χ1n) is 16.5. The van der Waals surface area contributed by atoms with Crippen molar-refractivity contribution in [3.8, 4) is 0 Å². The van der Waals surface area contributed by atoms with Crippen LogP contribution in [0.25, 0.3) is 0 Å². The van der Waals surface area contributed by atoms with Crippen LogP contribution in [0.2, 0.25) is 0 Å². The van der Waals surface area contributed by atoms with Crippen LogP contribution in [0.5, 0.6) is 0 Å². The molecule has 264 valence electrons. The van der Waals surface area contributed by atoms with Gasteiger partial charge in [0.1, 0.15) is 36.8 Å². The Morgan fingerprint density at radius 3 is 2.04 bits per heavy atom. The predicted molar refractivity (Wildman–Crippen MR) is 171 cm³/mol. The van der Waals surface area contributed by atoms with Crippen molar-refractivity contribution in [1.82, 2.24) is 26.2 Å². The van der Waals surface area contributed by atoms with Crippen LogP contribution in [0.1, 0.15) is 93.4 Å². The molecule has 1 fully saturated rings. The van der Waals surface area contributed by atoms with Crippen LogP contribution in [-0.2, 0) is 33.5 Å². The van der Waals surface area contributed by atoms with E-state index in [0.29, 0.717) is 19.3 Å². The quantitative estimate of drug-likeness (QED) is 0.134. The van der Waals surface area contributed by atoms with Gasteiger partial charge in [0.05, 0.1) is 18.6 Å². The fourth-order valence-corrected chi connectivity index (χ4v) is 5.25. The molecule has 0 aromatic heterocycles. The third-order valence-electron chi connectivity index (χ3n) is 8.46. The summed E-state index contributed by atoms with van der Waals surface area (Å²) in [5, 5.41) is 30.0. The highest BCUT2D eigenvalue weighted by Crippen LogP contribution is 2.22. The van der Waals surface area contributed by atoms with Crippen molar-refractivity contribution < 1.29 is 43.7 Å². The molecule has 8 atom stereocenters. The molecule has 1 heterocycles. The molecule has 14 nitrogen and oxygen atoms in total. The zero-order valence-electron chi connectivity index (χ0n) is 28.8. The summed E-state index contributed by atoms with van der Waals surface area (Å²) >= 11 is 0. The van der Waals surface area contributed by atoms with Crippen molar-refractivity contribution in [2.75, 3.05) is 20.2 Å². The lowest BCUT2D eigenvalue weighted by Gasteiger charge is -2.34. The minimum absolute atomic E-state index is 0.00519. The Morgan fingerprint density at radius 2 is 1.50 bits per heavy atom. The monoisotopic (exact) mass is 655 g/mol.